The van der Waals surface area contributed by atoms with Crippen LogP contribution in [-0.2, 0) is 6.18 Å². The second kappa shape index (κ2) is 9.32. The number of fused-ring (bicyclic) bond motifs is 1. The Balaban J connectivity index is 0.00000320. The van der Waals surface area contributed by atoms with Gasteiger partial charge in [0.05, 0.1) is 15.8 Å². The third-order valence-electron chi connectivity index (χ3n) is 4.49. The first-order chi connectivity index (χ1) is 13.6. The van der Waals surface area contributed by atoms with E-state index < -0.39 is 17.6 Å². The molecular weight excluding hydrogens is 435 g/mol. The summed E-state index contributed by atoms with van der Waals surface area (Å²) in [5.74, 6) is -0.494. The van der Waals surface area contributed by atoms with Gasteiger partial charge in [0.2, 0.25) is 0 Å². The molecule has 0 radical (unpaired) electrons. The van der Waals surface area contributed by atoms with Crippen molar-refractivity contribution in [2.24, 2.45) is 0 Å². The maximum atomic E-state index is 13.2. The number of aryl methyl sites for hydroxylation is 2. The van der Waals surface area contributed by atoms with Crippen LogP contribution >= 0.6 is 23.7 Å². The van der Waals surface area contributed by atoms with Crippen LogP contribution < -0.4 is 4.90 Å². The van der Waals surface area contributed by atoms with Gasteiger partial charge in [-0.25, -0.2) is 4.98 Å². The summed E-state index contributed by atoms with van der Waals surface area (Å²) in [5, 5.41) is 0.484. The summed E-state index contributed by atoms with van der Waals surface area (Å²) in [4.78, 5) is 21.2. The standard InChI is InChI=1S/C21H22F3N3OS.ClH/c1-13-10-14(2)18-17(11-13)25-20(29-18)27(9-8-26(3)4)19(28)15-6-5-7-16(12-15)21(22,23)24;/h5-7,10-12H,8-9H2,1-4H3;1H. The number of alkyl halides is 3. The lowest BCUT2D eigenvalue weighted by molar-refractivity contribution is -0.137. The summed E-state index contributed by atoms with van der Waals surface area (Å²) in [6, 6.07) is 8.51. The molecule has 1 heterocycles. The van der Waals surface area contributed by atoms with Crippen molar-refractivity contribution in [1.29, 1.82) is 0 Å². The van der Waals surface area contributed by atoms with E-state index in [1.54, 1.807) is 0 Å². The SMILES string of the molecule is Cc1cc(C)c2sc(N(CCN(C)C)C(=O)c3cccc(C(F)(F)F)c3)nc2c1.Cl. The summed E-state index contributed by atoms with van der Waals surface area (Å²) < 4.78 is 40.2. The number of hydrogen-bond acceptors (Lipinski definition) is 4. The fraction of sp³-hybridized carbons (Fsp3) is 0.333. The minimum atomic E-state index is -4.50. The number of rotatable bonds is 5. The summed E-state index contributed by atoms with van der Waals surface area (Å²) in [7, 11) is 3.75. The zero-order valence-electron chi connectivity index (χ0n) is 17.1. The fourth-order valence-electron chi connectivity index (χ4n) is 3.05. The van der Waals surface area contributed by atoms with Crippen LogP contribution in [0.5, 0.6) is 0 Å². The van der Waals surface area contributed by atoms with Gasteiger partial charge in [-0.05, 0) is 63.3 Å². The monoisotopic (exact) mass is 457 g/mol. The minimum Gasteiger partial charge on any atom is -0.308 e. The summed E-state index contributed by atoms with van der Waals surface area (Å²) in [5.41, 5.74) is 2.06. The average molecular weight is 458 g/mol. The number of amides is 1. The van der Waals surface area contributed by atoms with Crippen molar-refractivity contribution >= 4 is 45.0 Å². The number of hydrogen-bond donors (Lipinski definition) is 0. The molecule has 3 aromatic rings. The van der Waals surface area contributed by atoms with Crippen molar-refractivity contribution in [3.63, 3.8) is 0 Å². The Morgan fingerprint density at radius 2 is 1.80 bits per heavy atom. The van der Waals surface area contributed by atoms with Crippen molar-refractivity contribution in [1.82, 2.24) is 9.88 Å². The molecule has 2 aromatic carbocycles. The number of likely N-dealkylation sites (N-methyl/N-ethyl adjacent to an activating group) is 1. The normalized spacial score (nSPS) is 11.6. The molecule has 0 bridgehead atoms. The van der Waals surface area contributed by atoms with Crippen molar-refractivity contribution in [2.75, 3.05) is 32.1 Å². The Morgan fingerprint density at radius 1 is 1.10 bits per heavy atom. The first-order valence-electron chi connectivity index (χ1n) is 9.08. The molecule has 9 heteroatoms. The van der Waals surface area contributed by atoms with Gasteiger partial charge in [-0.1, -0.05) is 23.5 Å². The first kappa shape index (κ1) is 24.1. The van der Waals surface area contributed by atoms with Gasteiger partial charge >= 0.3 is 6.18 Å². The lowest BCUT2D eigenvalue weighted by Gasteiger charge is -2.22. The zero-order valence-corrected chi connectivity index (χ0v) is 18.7. The van der Waals surface area contributed by atoms with Crippen LogP contribution in [0.4, 0.5) is 18.3 Å². The number of nitrogens with zero attached hydrogens (tertiary/aromatic N) is 3. The van der Waals surface area contributed by atoms with Gasteiger partial charge in [0, 0.05) is 18.7 Å². The molecule has 0 aliphatic rings. The van der Waals surface area contributed by atoms with Gasteiger partial charge < -0.3 is 4.90 Å². The maximum Gasteiger partial charge on any atom is 0.416 e. The molecule has 162 valence electrons. The number of aromatic nitrogens is 1. The first-order valence-corrected chi connectivity index (χ1v) is 9.89. The largest absolute Gasteiger partial charge is 0.416 e. The Morgan fingerprint density at radius 3 is 2.43 bits per heavy atom. The van der Waals surface area contributed by atoms with Crippen LogP contribution in [0.25, 0.3) is 10.2 Å². The molecular formula is C21H23ClF3N3OS. The second-order valence-corrected chi connectivity index (χ2v) is 8.24. The van der Waals surface area contributed by atoms with Crippen LogP contribution in [0.2, 0.25) is 0 Å². The molecule has 0 fully saturated rings. The van der Waals surface area contributed by atoms with Gasteiger partial charge in [-0.2, -0.15) is 13.2 Å². The van der Waals surface area contributed by atoms with E-state index in [2.05, 4.69) is 4.98 Å². The number of thiazole rings is 1. The predicted molar refractivity (Wildman–Crippen MR) is 118 cm³/mol. The maximum absolute atomic E-state index is 13.2. The molecule has 0 unspecified atom stereocenters. The highest BCUT2D eigenvalue weighted by Gasteiger charge is 2.31. The molecule has 0 spiro atoms. The molecule has 4 nitrogen and oxygen atoms in total. The quantitative estimate of drug-likeness (QED) is 0.503. The summed E-state index contributed by atoms with van der Waals surface area (Å²) >= 11 is 1.38. The number of benzene rings is 2. The highest BCUT2D eigenvalue weighted by molar-refractivity contribution is 7.22. The van der Waals surface area contributed by atoms with E-state index >= 15 is 0 Å². The van der Waals surface area contributed by atoms with E-state index in [-0.39, 0.29) is 18.0 Å². The summed E-state index contributed by atoms with van der Waals surface area (Å²) in [6.45, 7) is 4.83. The Bertz CT molecular complexity index is 1050. The van der Waals surface area contributed by atoms with Crippen LogP contribution in [-0.4, -0.2) is 43.0 Å². The van der Waals surface area contributed by atoms with Crippen LogP contribution in [0, 0.1) is 13.8 Å². The molecule has 30 heavy (non-hydrogen) atoms. The molecule has 1 amide bonds. The zero-order chi connectivity index (χ0) is 21.3. The van der Waals surface area contributed by atoms with Crippen LogP contribution in [0.15, 0.2) is 36.4 Å². The lowest BCUT2D eigenvalue weighted by Crippen LogP contribution is -2.36. The van der Waals surface area contributed by atoms with E-state index in [0.29, 0.717) is 18.2 Å². The van der Waals surface area contributed by atoms with Gasteiger partial charge in [-0.3, -0.25) is 9.69 Å². The average Bonchev–Trinajstić information content (AvgIpc) is 3.05. The highest BCUT2D eigenvalue weighted by Crippen LogP contribution is 2.34. The fourth-order valence-corrected chi connectivity index (χ4v) is 4.09. The number of anilines is 1. The van der Waals surface area contributed by atoms with Gasteiger partial charge in [0.1, 0.15) is 0 Å². The van der Waals surface area contributed by atoms with Crippen molar-refractivity contribution in [2.45, 2.75) is 20.0 Å². The molecule has 0 saturated carbocycles. The lowest BCUT2D eigenvalue weighted by atomic mass is 10.1. The van der Waals surface area contributed by atoms with E-state index in [1.165, 1.54) is 28.4 Å². The molecule has 0 aliphatic carbocycles. The van der Waals surface area contributed by atoms with Gasteiger partial charge in [0.25, 0.3) is 5.91 Å². The Hall–Kier alpha value is -2.16. The van der Waals surface area contributed by atoms with Gasteiger partial charge in [-0.15, -0.1) is 12.4 Å². The molecule has 0 atom stereocenters. The molecule has 3 rings (SSSR count). The van der Waals surface area contributed by atoms with E-state index in [4.69, 9.17) is 0 Å². The Labute approximate surface area is 183 Å². The molecule has 1 aromatic heterocycles. The molecule has 0 aliphatic heterocycles. The Kier molecular flexibility index (Phi) is 7.49. The van der Waals surface area contributed by atoms with E-state index in [1.807, 2.05) is 45.0 Å². The smallest absolute Gasteiger partial charge is 0.308 e. The predicted octanol–water partition coefficient (Wildman–Crippen LogP) is 5.56. The number of carbonyl (C=O) groups is 1. The number of carbonyl (C=O) groups excluding carboxylic acids is 1. The second-order valence-electron chi connectivity index (χ2n) is 7.27. The van der Waals surface area contributed by atoms with Crippen LogP contribution in [0.3, 0.4) is 0 Å². The minimum absolute atomic E-state index is 0. The van der Waals surface area contributed by atoms with Crippen molar-refractivity contribution in [3.8, 4) is 0 Å². The highest BCUT2D eigenvalue weighted by atomic mass is 35.5. The topological polar surface area (TPSA) is 36.4 Å². The molecule has 0 saturated heterocycles. The van der Waals surface area contributed by atoms with Crippen molar-refractivity contribution in [3.05, 3.63) is 58.7 Å². The van der Waals surface area contributed by atoms with E-state index in [9.17, 15) is 18.0 Å². The van der Waals surface area contributed by atoms with Crippen LogP contribution in [0.1, 0.15) is 27.0 Å². The third kappa shape index (κ3) is 5.30. The third-order valence-corrected chi connectivity index (χ3v) is 5.72. The number of halogens is 4. The molecule has 0 N–H and O–H groups in total. The van der Waals surface area contributed by atoms with Crippen molar-refractivity contribution < 1.29 is 18.0 Å². The van der Waals surface area contributed by atoms with E-state index in [0.717, 1.165) is 33.5 Å². The van der Waals surface area contributed by atoms with Gasteiger partial charge in [0.15, 0.2) is 5.13 Å². The summed E-state index contributed by atoms with van der Waals surface area (Å²) in [6.07, 6.45) is -4.50.